The van der Waals surface area contributed by atoms with Crippen LogP contribution < -0.4 is 10.2 Å². The van der Waals surface area contributed by atoms with Crippen molar-refractivity contribution >= 4 is 26.7 Å². The molecule has 7 nitrogen and oxygen atoms in total. The minimum atomic E-state index is -3.21. The number of benzene rings is 2. The van der Waals surface area contributed by atoms with E-state index >= 15 is 0 Å². The molecule has 0 N–H and O–H groups in total. The molecule has 4 rings (SSSR count). The SMILES string of the molecule is COc1ccc(CN(C(=O)c2cc(=O)c3ccc(C)cc3o2)[C@H]2CCS(=O)(=O)C2)cc1. The van der Waals surface area contributed by atoms with E-state index in [0.717, 1.165) is 11.1 Å². The Bertz CT molecular complexity index is 1290. The highest BCUT2D eigenvalue weighted by molar-refractivity contribution is 7.91. The van der Waals surface area contributed by atoms with E-state index in [1.54, 1.807) is 37.4 Å². The van der Waals surface area contributed by atoms with Crippen LogP contribution in [0.15, 0.2) is 57.7 Å². The van der Waals surface area contributed by atoms with Crippen LogP contribution in [0.2, 0.25) is 0 Å². The molecule has 2 heterocycles. The summed E-state index contributed by atoms with van der Waals surface area (Å²) in [6.45, 7) is 2.06. The topological polar surface area (TPSA) is 93.9 Å². The van der Waals surface area contributed by atoms with Crippen LogP contribution in [0.3, 0.4) is 0 Å². The molecule has 0 unspecified atom stereocenters. The van der Waals surface area contributed by atoms with Gasteiger partial charge in [0.15, 0.2) is 21.0 Å². The number of rotatable bonds is 5. The van der Waals surface area contributed by atoms with Gasteiger partial charge in [0.25, 0.3) is 5.91 Å². The highest BCUT2D eigenvalue weighted by Crippen LogP contribution is 2.24. The van der Waals surface area contributed by atoms with Crippen LogP contribution in [0.25, 0.3) is 11.0 Å². The molecule has 1 amide bonds. The van der Waals surface area contributed by atoms with E-state index < -0.39 is 21.8 Å². The third-order valence-corrected chi connectivity index (χ3v) is 7.27. The summed E-state index contributed by atoms with van der Waals surface area (Å²) in [4.78, 5) is 27.5. The van der Waals surface area contributed by atoms with Crippen molar-refractivity contribution < 1.29 is 22.4 Å². The van der Waals surface area contributed by atoms with Gasteiger partial charge in [-0.1, -0.05) is 18.2 Å². The first-order chi connectivity index (χ1) is 14.8. The van der Waals surface area contributed by atoms with Gasteiger partial charge in [-0.2, -0.15) is 0 Å². The number of amides is 1. The lowest BCUT2D eigenvalue weighted by Gasteiger charge is -2.28. The predicted molar refractivity (Wildman–Crippen MR) is 117 cm³/mol. The Morgan fingerprint density at radius 3 is 2.55 bits per heavy atom. The molecular weight excluding hydrogens is 418 g/mol. The minimum absolute atomic E-state index is 0.0327. The fraction of sp³-hybridized carbons (Fsp3) is 0.304. The van der Waals surface area contributed by atoms with E-state index in [1.165, 1.54) is 11.0 Å². The van der Waals surface area contributed by atoms with Gasteiger partial charge in [0.1, 0.15) is 11.3 Å². The Kier molecular flexibility index (Phi) is 5.58. The lowest BCUT2D eigenvalue weighted by Crippen LogP contribution is -2.40. The highest BCUT2D eigenvalue weighted by atomic mass is 32.2. The molecule has 0 saturated carbocycles. The zero-order valence-corrected chi connectivity index (χ0v) is 18.1. The van der Waals surface area contributed by atoms with Gasteiger partial charge in [0.2, 0.25) is 0 Å². The molecule has 1 aromatic heterocycles. The third-order valence-electron chi connectivity index (χ3n) is 5.52. The highest BCUT2D eigenvalue weighted by Gasteiger charge is 2.36. The third kappa shape index (κ3) is 4.49. The average molecular weight is 442 g/mol. The summed E-state index contributed by atoms with van der Waals surface area (Å²) in [6, 6.07) is 13.1. The Morgan fingerprint density at radius 2 is 1.90 bits per heavy atom. The van der Waals surface area contributed by atoms with Crippen LogP contribution in [-0.4, -0.2) is 43.9 Å². The van der Waals surface area contributed by atoms with Crippen molar-refractivity contribution in [2.45, 2.75) is 25.9 Å². The summed E-state index contributed by atoms with van der Waals surface area (Å²) in [5.41, 5.74) is 1.74. The molecule has 1 atom stereocenters. The van der Waals surface area contributed by atoms with Crippen molar-refractivity contribution in [3.63, 3.8) is 0 Å². The first kappa shape index (κ1) is 21.1. The van der Waals surface area contributed by atoms with Gasteiger partial charge >= 0.3 is 0 Å². The second-order valence-corrected chi connectivity index (χ2v) is 10.0. The van der Waals surface area contributed by atoms with Crippen molar-refractivity contribution in [1.82, 2.24) is 4.90 Å². The lowest BCUT2D eigenvalue weighted by atomic mass is 10.1. The van der Waals surface area contributed by atoms with Crippen molar-refractivity contribution in [2.75, 3.05) is 18.6 Å². The minimum Gasteiger partial charge on any atom is -0.497 e. The van der Waals surface area contributed by atoms with Gasteiger partial charge < -0.3 is 14.1 Å². The quantitative estimate of drug-likeness (QED) is 0.604. The van der Waals surface area contributed by atoms with Crippen LogP contribution in [-0.2, 0) is 16.4 Å². The molecule has 31 heavy (non-hydrogen) atoms. The van der Waals surface area contributed by atoms with E-state index in [2.05, 4.69) is 0 Å². The molecule has 1 fully saturated rings. The van der Waals surface area contributed by atoms with Gasteiger partial charge in [0, 0.05) is 18.7 Å². The van der Waals surface area contributed by atoms with E-state index in [-0.39, 0.29) is 29.2 Å². The van der Waals surface area contributed by atoms with Gasteiger partial charge in [-0.3, -0.25) is 9.59 Å². The smallest absolute Gasteiger partial charge is 0.290 e. The van der Waals surface area contributed by atoms with Gasteiger partial charge in [-0.25, -0.2) is 8.42 Å². The summed E-state index contributed by atoms with van der Waals surface area (Å²) in [5.74, 6) is 0.0109. The monoisotopic (exact) mass is 441 g/mol. The first-order valence-corrected chi connectivity index (χ1v) is 11.8. The number of sulfone groups is 1. The Hall–Kier alpha value is -3.13. The van der Waals surface area contributed by atoms with Crippen LogP contribution in [0.1, 0.15) is 28.1 Å². The van der Waals surface area contributed by atoms with Crippen molar-refractivity contribution in [3.05, 3.63) is 75.6 Å². The fourth-order valence-electron chi connectivity index (χ4n) is 3.82. The number of carbonyl (C=O) groups is 1. The molecule has 8 heteroatoms. The molecule has 0 bridgehead atoms. The summed E-state index contributed by atoms with van der Waals surface area (Å²) >= 11 is 0. The maximum absolute atomic E-state index is 13.4. The molecule has 0 radical (unpaired) electrons. The lowest BCUT2D eigenvalue weighted by molar-refractivity contribution is 0.0648. The van der Waals surface area contributed by atoms with Gasteiger partial charge in [-0.05, 0) is 48.7 Å². The number of nitrogens with zero attached hydrogens (tertiary/aromatic N) is 1. The Labute approximate surface area is 180 Å². The number of hydrogen-bond donors (Lipinski definition) is 0. The predicted octanol–water partition coefficient (Wildman–Crippen LogP) is 2.94. The number of ether oxygens (including phenoxy) is 1. The molecule has 1 saturated heterocycles. The van der Waals surface area contributed by atoms with Crippen molar-refractivity contribution in [3.8, 4) is 5.75 Å². The molecule has 2 aromatic carbocycles. The standard InChI is InChI=1S/C23H23NO6S/c1-15-3-8-19-20(25)12-22(30-21(19)11-15)23(26)24(17-9-10-31(27,28)14-17)13-16-4-6-18(29-2)7-5-16/h3-8,11-12,17H,9-10,13-14H2,1-2H3/t17-/m0/s1. The number of methoxy groups -OCH3 is 1. The number of fused-ring (bicyclic) bond motifs is 1. The molecule has 1 aliphatic heterocycles. The molecule has 1 aliphatic rings. The number of hydrogen-bond acceptors (Lipinski definition) is 6. The van der Waals surface area contributed by atoms with E-state index in [0.29, 0.717) is 23.1 Å². The summed E-state index contributed by atoms with van der Waals surface area (Å²) in [7, 11) is -1.65. The summed E-state index contributed by atoms with van der Waals surface area (Å²) < 4.78 is 35.1. The fourth-order valence-corrected chi connectivity index (χ4v) is 5.56. The average Bonchev–Trinajstić information content (AvgIpc) is 3.11. The first-order valence-electron chi connectivity index (χ1n) is 9.94. The van der Waals surface area contributed by atoms with Gasteiger partial charge in [-0.15, -0.1) is 0 Å². The Morgan fingerprint density at radius 1 is 1.16 bits per heavy atom. The summed E-state index contributed by atoms with van der Waals surface area (Å²) in [6.07, 6.45) is 0.348. The zero-order chi connectivity index (χ0) is 22.2. The van der Waals surface area contributed by atoms with Crippen molar-refractivity contribution in [1.29, 1.82) is 0 Å². The number of aryl methyl sites for hydroxylation is 1. The second kappa shape index (κ2) is 8.19. The van der Waals surface area contributed by atoms with E-state index in [1.807, 2.05) is 19.1 Å². The van der Waals surface area contributed by atoms with Crippen LogP contribution >= 0.6 is 0 Å². The number of carbonyl (C=O) groups excluding carboxylic acids is 1. The van der Waals surface area contributed by atoms with Crippen LogP contribution in [0.5, 0.6) is 5.75 Å². The molecular formula is C23H23NO6S. The largest absolute Gasteiger partial charge is 0.497 e. The second-order valence-electron chi connectivity index (χ2n) is 7.81. The van der Waals surface area contributed by atoms with E-state index in [9.17, 15) is 18.0 Å². The van der Waals surface area contributed by atoms with Crippen LogP contribution in [0.4, 0.5) is 0 Å². The molecule has 0 aliphatic carbocycles. The van der Waals surface area contributed by atoms with Crippen LogP contribution in [0, 0.1) is 6.92 Å². The molecule has 162 valence electrons. The summed E-state index contributed by atoms with van der Waals surface area (Å²) in [5, 5.41) is 0.396. The zero-order valence-electron chi connectivity index (χ0n) is 17.3. The normalized spacial score (nSPS) is 17.5. The van der Waals surface area contributed by atoms with Crippen molar-refractivity contribution in [2.24, 2.45) is 0 Å². The molecule has 3 aromatic rings. The van der Waals surface area contributed by atoms with E-state index in [4.69, 9.17) is 9.15 Å². The Balaban J connectivity index is 1.72. The molecule has 0 spiro atoms. The van der Waals surface area contributed by atoms with Gasteiger partial charge in [0.05, 0.1) is 24.0 Å². The maximum atomic E-state index is 13.4. The maximum Gasteiger partial charge on any atom is 0.290 e.